The van der Waals surface area contributed by atoms with Crippen molar-refractivity contribution < 1.29 is 24.1 Å². The second-order valence-corrected chi connectivity index (χ2v) is 3.93. The van der Waals surface area contributed by atoms with Crippen LogP contribution in [0.3, 0.4) is 0 Å². The molecule has 0 radical (unpaired) electrons. The largest absolute Gasteiger partial charge is 0.504 e. The number of esters is 1. The maximum atomic E-state index is 11.7. The molecule has 1 rings (SSSR count). The molecule has 0 bridgehead atoms. The zero-order valence-corrected chi connectivity index (χ0v) is 12.0. The summed E-state index contributed by atoms with van der Waals surface area (Å²) in [5.41, 5.74) is 0.0937. The number of ether oxygens (including phenoxy) is 3. The van der Waals surface area contributed by atoms with E-state index in [1.54, 1.807) is 31.2 Å². The lowest BCUT2D eigenvalue weighted by Gasteiger charge is -2.08. The van der Waals surface area contributed by atoms with Gasteiger partial charge in [0.25, 0.3) is 0 Å². The molecule has 0 spiro atoms. The van der Waals surface area contributed by atoms with Crippen LogP contribution in [0.15, 0.2) is 23.8 Å². The molecule has 0 heterocycles. The zero-order chi connectivity index (χ0) is 15.7. The molecule has 1 aromatic rings. The fourth-order valence-corrected chi connectivity index (χ4v) is 1.52. The molecule has 0 aliphatic carbocycles. The average Bonchev–Trinajstić information content (AvgIpc) is 2.48. The second-order valence-electron chi connectivity index (χ2n) is 3.93. The van der Waals surface area contributed by atoms with E-state index >= 15 is 0 Å². The van der Waals surface area contributed by atoms with E-state index in [-0.39, 0.29) is 30.3 Å². The Kier molecular flexibility index (Phi) is 6.78. The molecule has 0 aliphatic heterocycles. The number of nitriles is 1. The van der Waals surface area contributed by atoms with Crippen molar-refractivity contribution in [3.63, 3.8) is 0 Å². The van der Waals surface area contributed by atoms with Gasteiger partial charge in [-0.15, -0.1) is 0 Å². The third-order valence-corrected chi connectivity index (χ3v) is 2.49. The summed E-state index contributed by atoms with van der Waals surface area (Å²) in [6, 6.07) is 6.57. The van der Waals surface area contributed by atoms with Crippen molar-refractivity contribution in [2.45, 2.75) is 6.92 Å². The van der Waals surface area contributed by atoms with E-state index in [4.69, 9.17) is 19.5 Å². The number of methoxy groups -OCH3 is 1. The number of para-hydroxylation sites is 1. The molecule has 0 aliphatic rings. The van der Waals surface area contributed by atoms with Crippen LogP contribution in [0.1, 0.15) is 12.5 Å². The van der Waals surface area contributed by atoms with E-state index in [0.717, 1.165) is 0 Å². The van der Waals surface area contributed by atoms with Crippen LogP contribution in [0.4, 0.5) is 0 Å². The minimum atomic E-state index is -0.768. The van der Waals surface area contributed by atoms with Gasteiger partial charge in [-0.3, -0.25) is 0 Å². The number of nitrogens with zero attached hydrogens (tertiary/aromatic N) is 1. The average molecular weight is 291 g/mol. The van der Waals surface area contributed by atoms with Crippen LogP contribution in [-0.4, -0.2) is 38.0 Å². The fourth-order valence-electron chi connectivity index (χ4n) is 1.52. The minimum absolute atomic E-state index is 0.0549. The summed E-state index contributed by atoms with van der Waals surface area (Å²) in [6.07, 6.45) is 1.26. The number of benzene rings is 1. The zero-order valence-electron chi connectivity index (χ0n) is 12.0. The van der Waals surface area contributed by atoms with E-state index in [2.05, 4.69) is 0 Å². The predicted octanol–water partition coefficient (Wildman–Crippen LogP) is 1.89. The first-order valence-corrected chi connectivity index (χ1v) is 6.36. The van der Waals surface area contributed by atoms with Crippen molar-refractivity contribution in [1.82, 2.24) is 0 Å². The quantitative estimate of drug-likeness (QED) is 0.357. The first-order chi connectivity index (χ1) is 10.1. The molecule has 1 aromatic carbocycles. The van der Waals surface area contributed by atoms with Crippen molar-refractivity contribution >= 4 is 12.0 Å². The smallest absolute Gasteiger partial charge is 0.348 e. The number of carbonyl (C=O) groups is 1. The number of aromatic hydroxyl groups is 1. The molecule has 112 valence electrons. The summed E-state index contributed by atoms with van der Waals surface area (Å²) in [5, 5.41) is 19.0. The van der Waals surface area contributed by atoms with Crippen LogP contribution in [0.2, 0.25) is 0 Å². The van der Waals surface area contributed by atoms with Gasteiger partial charge in [-0.05, 0) is 19.1 Å². The lowest BCUT2D eigenvalue weighted by Crippen LogP contribution is -2.11. The monoisotopic (exact) mass is 291 g/mol. The Labute approximate surface area is 123 Å². The highest BCUT2D eigenvalue weighted by Crippen LogP contribution is 2.31. The first-order valence-electron chi connectivity index (χ1n) is 6.36. The Bertz CT molecular complexity index is 560. The van der Waals surface area contributed by atoms with E-state index < -0.39 is 5.97 Å². The molecule has 6 nitrogen and oxygen atoms in total. The second kappa shape index (κ2) is 8.61. The molecule has 0 saturated carbocycles. The van der Waals surface area contributed by atoms with Gasteiger partial charge in [-0.25, -0.2) is 4.79 Å². The van der Waals surface area contributed by atoms with Gasteiger partial charge < -0.3 is 19.3 Å². The maximum Gasteiger partial charge on any atom is 0.348 e. The molecule has 0 saturated heterocycles. The van der Waals surface area contributed by atoms with Crippen LogP contribution in [-0.2, 0) is 14.3 Å². The van der Waals surface area contributed by atoms with E-state index in [1.807, 2.05) is 0 Å². The van der Waals surface area contributed by atoms with Gasteiger partial charge in [-0.2, -0.15) is 5.26 Å². The van der Waals surface area contributed by atoms with Crippen molar-refractivity contribution in [1.29, 1.82) is 5.26 Å². The summed E-state index contributed by atoms with van der Waals surface area (Å²) >= 11 is 0. The van der Waals surface area contributed by atoms with Crippen molar-refractivity contribution in [2.75, 3.05) is 26.9 Å². The molecule has 6 heteroatoms. The van der Waals surface area contributed by atoms with Gasteiger partial charge in [0, 0.05) is 12.7 Å². The van der Waals surface area contributed by atoms with Crippen LogP contribution in [0, 0.1) is 11.3 Å². The molecule has 1 N–H and O–H groups in total. The number of carbonyl (C=O) groups excluding carboxylic acids is 1. The van der Waals surface area contributed by atoms with Gasteiger partial charge in [0.05, 0.1) is 13.2 Å². The number of phenols is 1. The highest BCUT2D eigenvalue weighted by molar-refractivity contribution is 5.98. The lowest BCUT2D eigenvalue weighted by atomic mass is 10.1. The van der Waals surface area contributed by atoms with Gasteiger partial charge in [0.1, 0.15) is 18.2 Å². The Morgan fingerprint density at radius 1 is 1.43 bits per heavy atom. The molecule has 0 fully saturated rings. The number of hydrogen-bond donors (Lipinski definition) is 1. The van der Waals surface area contributed by atoms with E-state index in [0.29, 0.717) is 12.2 Å². The third kappa shape index (κ3) is 4.82. The predicted molar refractivity (Wildman–Crippen MR) is 75.7 cm³/mol. The fraction of sp³-hybridized carbons (Fsp3) is 0.333. The lowest BCUT2D eigenvalue weighted by molar-refractivity contribution is -0.139. The summed E-state index contributed by atoms with van der Waals surface area (Å²) < 4.78 is 14.8. The summed E-state index contributed by atoms with van der Waals surface area (Å²) in [5.74, 6) is -0.608. The van der Waals surface area contributed by atoms with Crippen molar-refractivity contribution in [2.24, 2.45) is 0 Å². The van der Waals surface area contributed by atoms with Crippen molar-refractivity contribution in [3.8, 4) is 17.6 Å². The number of hydrogen-bond acceptors (Lipinski definition) is 6. The minimum Gasteiger partial charge on any atom is -0.504 e. The van der Waals surface area contributed by atoms with E-state index in [9.17, 15) is 9.90 Å². The molecule has 0 atom stereocenters. The summed E-state index contributed by atoms with van der Waals surface area (Å²) in [6.45, 7) is 2.48. The van der Waals surface area contributed by atoms with Gasteiger partial charge in [-0.1, -0.05) is 12.1 Å². The van der Waals surface area contributed by atoms with Crippen molar-refractivity contribution in [3.05, 3.63) is 29.3 Å². The number of phenolic OH excluding ortho intramolecular Hbond substituents is 1. The van der Waals surface area contributed by atoms with Gasteiger partial charge in [0.2, 0.25) is 0 Å². The topological polar surface area (TPSA) is 88.8 Å². The van der Waals surface area contributed by atoms with Crippen LogP contribution >= 0.6 is 0 Å². The molecule has 0 aromatic heterocycles. The van der Waals surface area contributed by atoms with Crippen LogP contribution in [0.5, 0.6) is 11.5 Å². The van der Waals surface area contributed by atoms with E-state index in [1.165, 1.54) is 13.2 Å². The van der Waals surface area contributed by atoms with Gasteiger partial charge >= 0.3 is 5.97 Å². The molecule has 0 amide bonds. The highest BCUT2D eigenvalue weighted by Gasteiger charge is 2.13. The Morgan fingerprint density at radius 2 is 2.19 bits per heavy atom. The van der Waals surface area contributed by atoms with Crippen LogP contribution in [0.25, 0.3) is 6.08 Å². The third-order valence-electron chi connectivity index (χ3n) is 2.49. The molecular formula is C15H17NO5. The first kappa shape index (κ1) is 16.5. The standard InChI is InChI=1S/C15H17NO5/c1-3-20-13-6-4-5-11(14(13)17)9-12(10-16)15(18)21-8-7-19-2/h4-6,9,17H,3,7-8H2,1-2H3. The highest BCUT2D eigenvalue weighted by atomic mass is 16.6. The Balaban J connectivity index is 2.95. The normalized spacial score (nSPS) is 10.8. The van der Waals surface area contributed by atoms with Gasteiger partial charge in [0.15, 0.2) is 11.5 Å². The maximum absolute atomic E-state index is 11.7. The Hall–Kier alpha value is -2.52. The molecule has 21 heavy (non-hydrogen) atoms. The molecule has 0 unspecified atom stereocenters. The van der Waals surface area contributed by atoms with Crippen LogP contribution < -0.4 is 4.74 Å². The Morgan fingerprint density at radius 3 is 2.81 bits per heavy atom. The summed E-state index contributed by atoms with van der Waals surface area (Å²) in [7, 11) is 1.48. The summed E-state index contributed by atoms with van der Waals surface area (Å²) in [4.78, 5) is 11.7. The number of rotatable bonds is 7. The SMILES string of the molecule is CCOc1cccc(C=C(C#N)C(=O)OCCOC)c1O. The molecular weight excluding hydrogens is 274 g/mol.